The van der Waals surface area contributed by atoms with Crippen molar-refractivity contribution in [2.45, 2.75) is 25.4 Å². The Hall–Kier alpha value is -2.28. The number of fused-ring (bicyclic) bond motifs is 1. The number of carbonyl (C=O) groups excluding carboxylic acids is 2. The van der Waals surface area contributed by atoms with Gasteiger partial charge in [-0.1, -0.05) is 12.1 Å². The van der Waals surface area contributed by atoms with E-state index >= 15 is 0 Å². The molecule has 0 radical (unpaired) electrons. The number of hydrogen-bond acceptors (Lipinski definition) is 4. The van der Waals surface area contributed by atoms with Gasteiger partial charge in [-0.05, 0) is 50.0 Å². The number of primary amides is 1. The van der Waals surface area contributed by atoms with Crippen LogP contribution in [0.25, 0.3) is 0 Å². The van der Waals surface area contributed by atoms with Crippen molar-refractivity contribution >= 4 is 11.9 Å². The van der Waals surface area contributed by atoms with E-state index < -0.39 is 5.91 Å². The molecule has 7 nitrogen and oxygen atoms in total. The lowest BCUT2D eigenvalue weighted by atomic mass is 9.92. The molecule has 1 aromatic carbocycles. The van der Waals surface area contributed by atoms with Crippen molar-refractivity contribution in [1.82, 2.24) is 15.1 Å². The maximum absolute atomic E-state index is 12.6. The zero-order valence-electron chi connectivity index (χ0n) is 14.6. The molecule has 1 aromatic rings. The third-order valence-electron chi connectivity index (χ3n) is 5.05. The minimum absolute atomic E-state index is 0.00810. The van der Waals surface area contributed by atoms with E-state index in [0.29, 0.717) is 24.3 Å². The number of rotatable bonds is 5. The highest BCUT2D eigenvalue weighted by Gasteiger charge is 2.39. The topological polar surface area (TPSA) is 87.9 Å². The normalized spacial score (nSPS) is 23.2. The molecule has 2 atom stereocenters. The smallest absolute Gasteiger partial charge is 0.317 e. The van der Waals surface area contributed by atoms with Crippen LogP contribution in [0.2, 0.25) is 0 Å². The number of urea groups is 1. The summed E-state index contributed by atoms with van der Waals surface area (Å²) >= 11 is 0. The van der Waals surface area contributed by atoms with Crippen LogP contribution >= 0.6 is 0 Å². The summed E-state index contributed by atoms with van der Waals surface area (Å²) in [4.78, 5) is 27.7. The van der Waals surface area contributed by atoms with Crippen molar-refractivity contribution in [3.05, 3.63) is 29.8 Å². The Morgan fingerprint density at radius 2 is 2.12 bits per heavy atom. The van der Waals surface area contributed by atoms with Crippen molar-refractivity contribution < 1.29 is 14.3 Å². The molecular weight excluding hydrogens is 320 g/mol. The zero-order valence-corrected chi connectivity index (χ0v) is 14.6. The van der Waals surface area contributed by atoms with Crippen molar-refractivity contribution in [2.75, 3.05) is 33.3 Å². The van der Waals surface area contributed by atoms with Gasteiger partial charge in [0, 0.05) is 25.7 Å². The SMILES string of the molecule is CN1CC[C@H]2CCN(C(=O)NCc3cccc(OCC(N)=O)c3)[C@H]2C1. The van der Waals surface area contributed by atoms with Gasteiger partial charge in [0.05, 0.1) is 0 Å². The van der Waals surface area contributed by atoms with Crippen LogP contribution in [0.3, 0.4) is 0 Å². The average Bonchev–Trinajstić information content (AvgIpc) is 3.01. The van der Waals surface area contributed by atoms with E-state index in [2.05, 4.69) is 17.3 Å². The van der Waals surface area contributed by atoms with Gasteiger partial charge in [0.15, 0.2) is 6.61 Å². The molecule has 25 heavy (non-hydrogen) atoms. The first-order chi connectivity index (χ1) is 12.0. The van der Waals surface area contributed by atoms with Crippen LogP contribution in [-0.2, 0) is 11.3 Å². The second-order valence-corrected chi connectivity index (χ2v) is 6.92. The Bertz CT molecular complexity index is 637. The van der Waals surface area contributed by atoms with Gasteiger partial charge in [-0.3, -0.25) is 4.79 Å². The molecule has 3 amide bonds. The second kappa shape index (κ2) is 7.74. The first-order valence-electron chi connectivity index (χ1n) is 8.76. The number of hydrogen-bond donors (Lipinski definition) is 2. The number of carbonyl (C=O) groups is 2. The highest BCUT2D eigenvalue weighted by Crippen LogP contribution is 2.31. The minimum Gasteiger partial charge on any atom is -0.484 e. The summed E-state index contributed by atoms with van der Waals surface area (Å²) < 4.78 is 5.29. The van der Waals surface area contributed by atoms with Crippen molar-refractivity contribution in [1.29, 1.82) is 0 Å². The Morgan fingerprint density at radius 3 is 2.92 bits per heavy atom. The fourth-order valence-electron chi connectivity index (χ4n) is 3.73. The molecule has 0 saturated carbocycles. The van der Waals surface area contributed by atoms with E-state index in [4.69, 9.17) is 10.5 Å². The van der Waals surface area contributed by atoms with Crippen LogP contribution in [0.4, 0.5) is 4.79 Å². The molecule has 2 saturated heterocycles. The van der Waals surface area contributed by atoms with Crippen molar-refractivity contribution in [3.8, 4) is 5.75 Å². The first kappa shape index (κ1) is 17.5. The van der Waals surface area contributed by atoms with Crippen LogP contribution in [0.1, 0.15) is 18.4 Å². The minimum atomic E-state index is -0.514. The van der Waals surface area contributed by atoms with Gasteiger partial charge in [-0.25, -0.2) is 4.79 Å². The number of likely N-dealkylation sites (N-methyl/N-ethyl adjacent to an activating group) is 1. The number of ether oxygens (including phenoxy) is 1. The third-order valence-corrected chi connectivity index (χ3v) is 5.05. The van der Waals surface area contributed by atoms with Gasteiger partial charge < -0.3 is 25.6 Å². The predicted octanol–water partition coefficient (Wildman–Crippen LogP) is 0.786. The second-order valence-electron chi connectivity index (χ2n) is 6.92. The monoisotopic (exact) mass is 346 g/mol. The molecular formula is C18H26N4O3. The Balaban J connectivity index is 1.54. The molecule has 0 aromatic heterocycles. The fourth-order valence-corrected chi connectivity index (χ4v) is 3.73. The lowest BCUT2D eigenvalue weighted by Crippen LogP contribution is -2.51. The van der Waals surface area contributed by atoms with Crippen LogP contribution in [0.15, 0.2) is 24.3 Å². The van der Waals surface area contributed by atoms with Crippen LogP contribution < -0.4 is 15.8 Å². The summed E-state index contributed by atoms with van der Waals surface area (Å²) in [6.45, 7) is 3.18. The molecule has 0 unspecified atom stereocenters. The van der Waals surface area contributed by atoms with Gasteiger partial charge in [0.1, 0.15) is 5.75 Å². The number of amides is 3. The molecule has 0 bridgehead atoms. The molecule has 2 fully saturated rings. The standard InChI is InChI=1S/C18H26N4O3/c1-21-7-5-14-6-8-22(16(14)11-21)18(24)20-10-13-3-2-4-15(9-13)25-12-17(19)23/h2-4,9,14,16H,5-8,10-12H2,1H3,(H2,19,23)(H,20,24)/t14-,16-/m0/s1. The highest BCUT2D eigenvalue weighted by molar-refractivity contribution is 5.75. The van der Waals surface area contributed by atoms with Crippen molar-refractivity contribution in [2.24, 2.45) is 11.7 Å². The molecule has 2 aliphatic rings. The number of nitrogens with zero attached hydrogens (tertiary/aromatic N) is 2. The summed E-state index contributed by atoms with van der Waals surface area (Å²) in [7, 11) is 2.11. The van der Waals surface area contributed by atoms with Gasteiger partial charge in [-0.2, -0.15) is 0 Å². The number of nitrogens with two attached hydrogens (primary N) is 1. The van der Waals surface area contributed by atoms with Crippen molar-refractivity contribution in [3.63, 3.8) is 0 Å². The largest absolute Gasteiger partial charge is 0.484 e. The molecule has 0 spiro atoms. The Labute approximate surface area is 148 Å². The molecule has 136 valence electrons. The Morgan fingerprint density at radius 1 is 1.32 bits per heavy atom. The summed E-state index contributed by atoms with van der Waals surface area (Å²) in [6.07, 6.45) is 2.27. The molecule has 0 aliphatic carbocycles. The third kappa shape index (κ3) is 4.42. The summed E-state index contributed by atoms with van der Waals surface area (Å²) in [6, 6.07) is 7.63. The van der Waals surface area contributed by atoms with Crippen LogP contribution in [0, 0.1) is 5.92 Å². The number of nitrogens with one attached hydrogen (secondary N) is 1. The molecule has 3 N–H and O–H groups in total. The van der Waals surface area contributed by atoms with Gasteiger partial charge >= 0.3 is 6.03 Å². The van der Waals surface area contributed by atoms with E-state index in [1.807, 2.05) is 23.1 Å². The van der Waals surface area contributed by atoms with E-state index in [1.54, 1.807) is 6.07 Å². The molecule has 3 rings (SSSR count). The Kier molecular flexibility index (Phi) is 5.43. The summed E-state index contributed by atoms with van der Waals surface area (Å²) in [5.74, 6) is 0.688. The van der Waals surface area contributed by atoms with Crippen LogP contribution in [0.5, 0.6) is 5.75 Å². The molecule has 2 heterocycles. The summed E-state index contributed by atoms with van der Waals surface area (Å²) in [5, 5.41) is 3.00. The first-order valence-corrected chi connectivity index (χ1v) is 8.76. The van der Waals surface area contributed by atoms with Gasteiger partial charge in [0.2, 0.25) is 0 Å². The van der Waals surface area contributed by atoms with E-state index in [-0.39, 0.29) is 12.6 Å². The highest BCUT2D eigenvalue weighted by atomic mass is 16.5. The maximum Gasteiger partial charge on any atom is 0.317 e. The van der Waals surface area contributed by atoms with Crippen LogP contribution in [-0.4, -0.2) is 61.1 Å². The number of likely N-dealkylation sites (tertiary alicyclic amines) is 2. The lowest BCUT2D eigenvalue weighted by molar-refractivity contribution is -0.119. The van der Waals surface area contributed by atoms with E-state index in [1.165, 1.54) is 6.42 Å². The summed E-state index contributed by atoms with van der Waals surface area (Å²) in [5.41, 5.74) is 6.00. The lowest BCUT2D eigenvalue weighted by Gasteiger charge is -2.36. The van der Waals surface area contributed by atoms with Gasteiger partial charge in [0.25, 0.3) is 5.91 Å². The number of benzene rings is 1. The maximum atomic E-state index is 12.6. The average molecular weight is 346 g/mol. The number of piperidine rings is 1. The predicted molar refractivity (Wildman–Crippen MR) is 94.1 cm³/mol. The van der Waals surface area contributed by atoms with Gasteiger partial charge in [-0.15, -0.1) is 0 Å². The molecule has 7 heteroatoms. The quantitative estimate of drug-likeness (QED) is 0.825. The fraction of sp³-hybridized carbons (Fsp3) is 0.556. The molecule has 2 aliphatic heterocycles. The van der Waals surface area contributed by atoms with E-state index in [0.717, 1.165) is 31.6 Å². The zero-order chi connectivity index (χ0) is 17.8. The van der Waals surface area contributed by atoms with E-state index in [9.17, 15) is 9.59 Å².